The third-order valence-corrected chi connectivity index (χ3v) is 7.15. The summed E-state index contributed by atoms with van der Waals surface area (Å²) in [5.74, 6) is -1.18. The molecule has 0 spiro atoms. The molecule has 1 N–H and O–H groups in total. The first-order valence-electron chi connectivity index (χ1n) is 11.3. The second-order valence-electron chi connectivity index (χ2n) is 8.22. The SMILES string of the molecule is N#C/C(C(=O)Nc1cccc2ccccc12)=C1\S[C@H](Cc2ccc(F)cc2)C(=O)N1c1ccccc1. The number of rotatable bonds is 5. The van der Waals surface area contributed by atoms with Crippen LogP contribution in [-0.2, 0) is 16.0 Å². The van der Waals surface area contributed by atoms with Gasteiger partial charge in [0.15, 0.2) is 0 Å². The van der Waals surface area contributed by atoms with Gasteiger partial charge in [-0.2, -0.15) is 5.26 Å². The number of anilines is 2. The third kappa shape index (κ3) is 4.59. The maximum atomic E-state index is 13.5. The summed E-state index contributed by atoms with van der Waals surface area (Å²) in [7, 11) is 0. The quantitative estimate of drug-likeness (QED) is 0.272. The van der Waals surface area contributed by atoms with E-state index in [0.717, 1.165) is 16.3 Å². The standard InChI is InChI=1S/C29H20FN3O2S/c30-21-15-13-19(14-16-21)17-26-28(35)33(22-9-2-1-3-10-22)29(36-26)24(18-31)27(34)32-25-12-6-8-20-7-4-5-11-23(20)25/h1-16,26H,17H2,(H,32,34)/b29-24+/t26-/m1/s1. The van der Waals surface area contributed by atoms with E-state index >= 15 is 0 Å². The van der Waals surface area contributed by atoms with Crippen molar-refractivity contribution >= 4 is 45.7 Å². The molecule has 2 amide bonds. The van der Waals surface area contributed by atoms with Gasteiger partial charge >= 0.3 is 0 Å². The predicted molar refractivity (Wildman–Crippen MR) is 141 cm³/mol. The van der Waals surface area contributed by atoms with Crippen LogP contribution in [0.3, 0.4) is 0 Å². The van der Waals surface area contributed by atoms with Crippen LogP contribution in [0, 0.1) is 17.1 Å². The Morgan fingerprint density at radius 2 is 1.64 bits per heavy atom. The number of nitrogens with one attached hydrogen (secondary N) is 1. The molecule has 176 valence electrons. The van der Waals surface area contributed by atoms with Gasteiger partial charge in [0, 0.05) is 16.8 Å². The van der Waals surface area contributed by atoms with E-state index in [-0.39, 0.29) is 22.3 Å². The largest absolute Gasteiger partial charge is 0.321 e. The molecule has 5 nitrogen and oxygen atoms in total. The van der Waals surface area contributed by atoms with Gasteiger partial charge in [-0.15, -0.1) is 0 Å². The normalized spacial score (nSPS) is 16.6. The molecular weight excluding hydrogens is 473 g/mol. The summed E-state index contributed by atoms with van der Waals surface area (Å²) >= 11 is 1.17. The fourth-order valence-electron chi connectivity index (χ4n) is 4.15. The molecule has 1 saturated heterocycles. The highest BCUT2D eigenvalue weighted by Gasteiger charge is 2.40. The number of halogens is 1. The molecule has 0 aliphatic carbocycles. The molecule has 0 saturated carbocycles. The molecule has 4 aromatic rings. The van der Waals surface area contributed by atoms with E-state index in [9.17, 15) is 19.2 Å². The molecule has 7 heteroatoms. The first-order chi connectivity index (χ1) is 17.5. The van der Waals surface area contributed by atoms with Crippen LogP contribution in [0.1, 0.15) is 5.56 Å². The molecule has 1 aliphatic heterocycles. The van der Waals surface area contributed by atoms with E-state index in [4.69, 9.17) is 0 Å². The Balaban J connectivity index is 1.52. The zero-order chi connectivity index (χ0) is 25.1. The second kappa shape index (κ2) is 10.1. The number of hydrogen-bond donors (Lipinski definition) is 1. The molecular formula is C29H20FN3O2S. The van der Waals surface area contributed by atoms with Gasteiger partial charge in [0.1, 0.15) is 22.5 Å². The van der Waals surface area contributed by atoms with Crippen LogP contribution >= 0.6 is 11.8 Å². The average molecular weight is 494 g/mol. The Labute approximate surface area is 211 Å². The number of nitriles is 1. The third-order valence-electron chi connectivity index (χ3n) is 5.89. The van der Waals surface area contributed by atoms with E-state index in [1.54, 1.807) is 42.5 Å². The molecule has 1 atom stereocenters. The smallest absolute Gasteiger partial charge is 0.269 e. The molecule has 1 fully saturated rings. The van der Waals surface area contributed by atoms with Crippen molar-refractivity contribution < 1.29 is 14.0 Å². The lowest BCUT2D eigenvalue weighted by atomic mass is 10.1. The van der Waals surface area contributed by atoms with Crippen molar-refractivity contribution in [2.45, 2.75) is 11.7 Å². The number of carbonyl (C=O) groups excluding carboxylic acids is 2. The summed E-state index contributed by atoms with van der Waals surface area (Å²) in [6.07, 6.45) is 0.334. The number of nitrogens with zero attached hydrogens (tertiary/aromatic N) is 2. The number of carbonyl (C=O) groups is 2. The molecule has 0 radical (unpaired) electrons. The summed E-state index contributed by atoms with van der Waals surface area (Å²) in [6, 6.07) is 30.1. The number of fused-ring (bicyclic) bond motifs is 1. The average Bonchev–Trinajstić information content (AvgIpc) is 3.21. The van der Waals surface area contributed by atoms with E-state index in [1.165, 1.54) is 28.8 Å². The number of amides is 2. The maximum absolute atomic E-state index is 13.5. The Kier molecular flexibility index (Phi) is 6.52. The summed E-state index contributed by atoms with van der Waals surface area (Å²) in [6.45, 7) is 0. The summed E-state index contributed by atoms with van der Waals surface area (Å²) in [4.78, 5) is 28.3. The van der Waals surface area contributed by atoms with Crippen LogP contribution < -0.4 is 10.2 Å². The zero-order valence-corrected chi connectivity index (χ0v) is 19.8. The van der Waals surface area contributed by atoms with Gasteiger partial charge in [-0.05, 0) is 47.7 Å². The highest BCUT2D eigenvalue weighted by Crippen LogP contribution is 2.42. The van der Waals surface area contributed by atoms with Gasteiger partial charge in [0.25, 0.3) is 5.91 Å². The number of para-hydroxylation sites is 1. The van der Waals surface area contributed by atoms with Crippen LogP contribution in [-0.4, -0.2) is 17.1 Å². The van der Waals surface area contributed by atoms with Crippen LogP contribution in [0.5, 0.6) is 0 Å². The van der Waals surface area contributed by atoms with Crippen molar-refractivity contribution in [3.8, 4) is 6.07 Å². The summed E-state index contributed by atoms with van der Waals surface area (Å²) < 4.78 is 13.4. The summed E-state index contributed by atoms with van der Waals surface area (Å²) in [5.41, 5.74) is 1.79. The minimum atomic E-state index is -0.590. The van der Waals surface area contributed by atoms with Crippen LogP contribution in [0.2, 0.25) is 0 Å². The topological polar surface area (TPSA) is 73.2 Å². The van der Waals surface area contributed by atoms with Crippen molar-refractivity contribution in [3.63, 3.8) is 0 Å². The van der Waals surface area contributed by atoms with Crippen molar-refractivity contribution in [2.24, 2.45) is 0 Å². The number of hydrogen-bond acceptors (Lipinski definition) is 4. The first kappa shape index (κ1) is 23.3. The van der Waals surface area contributed by atoms with Crippen molar-refractivity contribution in [1.29, 1.82) is 5.26 Å². The van der Waals surface area contributed by atoms with E-state index in [0.29, 0.717) is 17.8 Å². The lowest BCUT2D eigenvalue weighted by Crippen LogP contribution is -2.30. The molecule has 36 heavy (non-hydrogen) atoms. The molecule has 1 heterocycles. The monoisotopic (exact) mass is 493 g/mol. The molecule has 0 bridgehead atoms. The Hall–Kier alpha value is -4.41. The highest BCUT2D eigenvalue weighted by molar-refractivity contribution is 8.05. The van der Waals surface area contributed by atoms with E-state index in [1.807, 2.05) is 48.5 Å². The molecule has 5 rings (SSSR count). The second-order valence-corrected chi connectivity index (χ2v) is 9.41. The lowest BCUT2D eigenvalue weighted by molar-refractivity contribution is -0.117. The van der Waals surface area contributed by atoms with Crippen molar-refractivity contribution in [3.05, 3.63) is 119 Å². The van der Waals surface area contributed by atoms with Gasteiger partial charge < -0.3 is 5.32 Å². The zero-order valence-electron chi connectivity index (χ0n) is 19.0. The maximum Gasteiger partial charge on any atom is 0.269 e. The van der Waals surface area contributed by atoms with Gasteiger partial charge in [0.05, 0.1) is 5.25 Å². The van der Waals surface area contributed by atoms with Gasteiger partial charge in [-0.25, -0.2) is 4.39 Å². The van der Waals surface area contributed by atoms with Gasteiger partial charge in [0.2, 0.25) is 5.91 Å². The fourth-order valence-corrected chi connectivity index (χ4v) is 5.46. The van der Waals surface area contributed by atoms with Gasteiger partial charge in [-0.3, -0.25) is 14.5 Å². The molecule has 1 aliphatic rings. The molecule has 4 aromatic carbocycles. The van der Waals surface area contributed by atoms with Crippen molar-refractivity contribution in [2.75, 3.05) is 10.2 Å². The Morgan fingerprint density at radius 1 is 0.944 bits per heavy atom. The minimum absolute atomic E-state index is 0.147. The van der Waals surface area contributed by atoms with E-state index < -0.39 is 11.2 Å². The number of benzene rings is 4. The predicted octanol–water partition coefficient (Wildman–Crippen LogP) is 6.04. The van der Waals surface area contributed by atoms with Crippen LogP contribution in [0.4, 0.5) is 15.8 Å². The highest BCUT2D eigenvalue weighted by atomic mass is 32.2. The first-order valence-corrected chi connectivity index (χ1v) is 12.2. The van der Waals surface area contributed by atoms with Crippen LogP contribution in [0.15, 0.2) is 108 Å². The minimum Gasteiger partial charge on any atom is -0.321 e. The van der Waals surface area contributed by atoms with E-state index in [2.05, 4.69) is 5.32 Å². The van der Waals surface area contributed by atoms with Gasteiger partial charge in [-0.1, -0.05) is 78.5 Å². The summed E-state index contributed by atoms with van der Waals surface area (Å²) in [5, 5.41) is 14.4. The lowest BCUT2D eigenvalue weighted by Gasteiger charge is -2.18. The fraction of sp³-hybridized carbons (Fsp3) is 0.0690. The number of thioether (sulfide) groups is 1. The molecule has 0 aromatic heterocycles. The van der Waals surface area contributed by atoms with Crippen molar-refractivity contribution in [1.82, 2.24) is 0 Å². The van der Waals surface area contributed by atoms with Crippen LogP contribution in [0.25, 0.3) is 10.8 Å². The Morgan fingerprint density at radius 3 is 2.39 bits per heavy atom. The molecule has 0 unspecified atom stereocenters. The Bertz CT molecular complexity index is 1520.